The monoisotopic (exact) mass is 752 g/mol. The smallest absolute Gasteiger partial charge is 0.161 e. The molecule has 0 saturated heterocycles. The molecule has 276 valence electrons. The minimum Gasteiger partial charge on any atom is -0.454 e. The summed E-state index contributed by atoms with van der Waals surface area (Å²) in [4.78, 5) is 2.38. The van der Waals surface area contributed by atoms with Gasteiger partial charge in [0, 0.05) is 33.5 Å². The number of para-hydroxylation sites is 2. The number of benzene rings is 10. The minimum atomic E-state index is 0.894. The van der Waals surface area contributed by atoms with Crippen molar-refractivity contribution in [2.45, 2.75) is 0 Å². The van der Waals surface area contributed by atoms with E-state index >= 15 is 0 Å². The van der Waals surface area contributed by atoms with Crippen LogP contribution in [0.4, 0.5) is 17.1 Å². The van der Waals surface area contributed by atoms with Gasteiger partial charge in [-0.3, -0.25) is 0 Å². The lowest BCUT2D eigenvalue weighted by Gasteiger charge is -2.26. The van der Waals surface area contributed by atoms with Crippen LogP contribution in [0.15, 0.2) is 223 Å². The maximum atomic E-state index is 6.60. The third-order valence-electron chi connectivity index (χ3n) is 12.0. The zero-order valence-corrected chi connectivity index (χ0v) is 32.1. The second-order valence-corrected chi connectivity index (χ2v) is 15.3. The molecule has 0 radical (unpaired) electrons. The molecule has 0 bridgehead atoms. The fraction of sp³-hybridized carbons (Fsp3) is 0. The Morgan fingerprint density at radius 1 is 0.322 bits per heavy atom. The van der Waals surface area contributed by atoms with Crippen LogP contribution in [0.3, 0.4) is 0 Å². The van der Waals surface area contributed by atoms with Crippen molar-refractivity contribution >= 4 is 82.4 Å². The van der Waals surface area contributed by atoms with E-state index in [0.29, 0.717) is 0 Å². The SMILES string of the molecule is c1ccc(-c2ccc(N(c3ccc(-c4ccc5c(c4)c4oc6ccccc6c4n5-c4ccccc4)cc3)c3ccc4c5ccccc5c5ccccc5c4c3)cc2)cc1. The number of hydrogen-bond donors (Lipinski definition) is 0. The minimum absolute atomic E-state index is 0.894. The predicted molar refractivity (Wildman–Crippen MR) is 249 cm³/mol. The van der Waals surface area contributed by atoms with Gasteiger partial charge in [-0.05, 0) is 127 Å². The van der Waals surface area contributed by atoms with Crippen molar-refractivity contribution in [1.29, 1.82) is 0 Å². The Kier molecular flexibility index (Phi) is 7.54. The number of nitrogens with zero attached hydrogens (tertiary/aromatic N) is 2. The van der Waals surface area contributed by atoms with E-state index in [4.69, 9.17) is 4.42 Å². The fourth-order valence-electron chi connectivity index (χ4n) is 9.21. The summed E-state index contributed by atoms with van der Waals surface area (Å²) >= 11 is 0. The van der Waals surface area contributed by atoms with Gasteiger partial charge in [-0.1, -0.05) is 146 Å². The molecule has 0 aliphatic heterocycles. The normalized spacial score (nSPS) is 11.7. The molecule has 0 aliphatic rings. The van der Waals surface area contributed by atoms with Crippen molar-refractivity contribution in [1.82, 2.24) is 4.57 Å². The second kappa shape index (κ2) is 13.4. The summed E-state index contributed by atoms with van der Waals surface area (Å²) in [5.74, 6) is 0. The van der Waals surface area contributed by atoms with Gasteiger partial charge in [-0.25, -0.2) is 0 Å². The quantitative estimate of drug-likeness (QED) is 0.158. The molecule has 0 N–H and O–H groups in total. The van der Waals surface area contributed by atoms with E-state index in [1.165, 1.54) is 43.4 Å². The molecule has 2 aromatic heterocycles. The topological polar surface area (TPSA) is 21.3 Å². The average molecular weight is 753 g/mol. The molecule has 0 atom stereocenters. The lowest BCUT2D eigenvalue weighted by molar-refractivity contribution is 0.673. The van der Waals surface area contributed by atoms with Crippen molar-refractivity contribution in [2.75, 3.05) is 4.90 Å². The second-order valence-electron chi connectivity index (χ2n) is 15.3. The van der Waals surface area contributed by atoms with Crippen LogP contribution in [0, 0.1) is 0 Å². The third kappa shape index (κ3) is 5.36. The van der Waals surface area contributed by atoms with Crippen LogP contribution in [-0.4, -0.2) is 4.57 Å². The van der Waals surface area contributed by atoms with E-state index in [-0.39, 0.29) is 0 Å². The molecule has 0 saturated carbocycles. The molecule has 59 heavy (non-hydrogen) atoms. The number of fused-ring (bicyclic) bond motifs is 11. The molecule has 3 nitrogen and oxygen atoms in total. The first kappa shape index (κ1) is 33.3. The van der Waals surface area contributed by atoms with E-state index in [1.54, 1.807) is 0 Å². The Morgan fingerprint density at radius 2 is 0.797 bits per heavy atom. The van der Waals surface area contributed by atoms with Gasteiger partial charge in [-0.15, -0.1) is 0 Å². The highest BCUT2D eigenvalue weighted by Gasteiger charge is 2.21. The molecule has 12 rings (SSSR count). The first-order valence-corrected chi connectivity index (χ1v) is 20.2. The number of aromatic nitrogens is 1. The summed E-state index contributed by atoms with van der Waals surface area (Å²) in [7, 11) is 0. The molecule has 10 aromatic carbocycles. The van der Waals surface area contributed by atoms with Gasteiger partial charge in [0.25, 0.3) is 0 Å². The third-order valence-corrected chi connectivity index (χ3v) is 12.0. The van der Waals surface area contributed by atoms with Crippen molar-refractivity contribution in [2.24, 2.45) is 0 Å². The first-order valence-electron chi connectivity index (χ1n) is 20.2. The van der Waals surface area contributed by atoms with Gasteiger partial charge in [-0.2, -0.15) is 0 Å². The number of rotatable bonds is 6. The Bertz CT molecular complexity index is 3490. The highest BCUT2D eigenvalue weighted by molar-refractivity contribution is 6.26. The van der Waals surface area contributed by atoms with E-state index in [1.807, 2.05) is 6.07 Å². The van der Waals surface area contributed by atoms with E-state index < -0.39 is 0 Å². The maximum Gasteiger partial charge on any atom is 0.161 e. The average Bonchev–Trinajstić information content (AvgIpc) is 3.85. The summed E-state index contributed by atoms with van der Waals surface area (Å²) in [6.45, 7) is 0. The van der Waals surface area contributed by atoms with Crippen LogP contribution < -0.4 is 4.90 Å². The van der Waals surface area contributed by atoms with Crippen LogP contribution in [0.25, 0.3) is 93.2 Å². The van der Waals surface area contributed by atoms with Crippen LogP contribution in [0.1, 0.15) is 0 Å². The largest absolute Gasteiger partial charge is 0.454 e. The standard InChI is InChI=1S/C56H36N2O/c1-3-13-37(14-4-1)38-23-28-42(29-24-38)57(44-32-33-49-47-19-8-7-17-45(47)46-18-9-10-20-48(46)51(49)36-44)43-30-25-39(26-31-43)40-27-34-53-52(35-40)56-55(50-21-11-12-22-54(50)59-56)58(53)41-15-5-2-6-16-41/h1-36H. The number of furan rings is 1. The zero-order chi connectivity index (χ0) is 38.9. The lowest BCUT2D eigenvalue weighted by Crippen LogP contribution is -2.10. The van der Waals surface area contributed by atoms with Crippen LogP contribution in [0.5, 0.6) is 0 Å². The molecule has 3 heteroatoms. The van der Waals surface area contributed by atoms with Gasteiger partial charge in [0.15, 0.2) is 5.58 Å². The van der Waals surface area contributed by atoms with E-state index in [2.05, 4.69) is 222 Å². The molecule has 2 heterocycles. The molecular formula is C56H36N2O. The van der Waals surface area contributed by atoms with Gasteiger partial charge in [0.05, 0.1) is 5.52 Å². The highest BCUT2D eigenvalue weighted by Crippen LogP contribution is 2.43. The fourth-order valence-corrected chi connectivity index (χ4v) is 9.21. The van der Waals surface area contributed by atoms with Crippen LogP contribution in [0.2, 0.25) is 0 Å². The van der Waals surface area contributed by atoms with Crippen LogP contribution in [-0.2, 0) is 0 Å². The highest BCUT2D eigenvalue weighted by atomic mass is 16.3. The van der Waals surface area contributed by atoms with Crippen molar-refractivity contribution in [3.8, 4) is 27.9 Å². The summed E-state index contributed by atoms with van der Waals surface area (Å²) in [5.41, 5.74) is 13.1. The number of anilines is 3. The van der Waals surface area contributed by atoms with E-state index in [9.17, 15) is 0 Å². The first-order chi connectivity index (χ1) is 29.3. The zero-order valence-electron chi connectivity index (χ0n) is 32.1. The lowest BCUT2D eigenvalue weighted by atomic mass is 9.94. The van der Waals surface area contributed by atoms with Gasteiger partial charge < -0.3 is 13.9 Å². The van der Waals surface area contributed by atoms with Crippen molar-refractivity contribution < 1.29 is 4.42 Å². The summed E-state index contributed by atoms with van der Waals surface area (Å²) < 4.78 is 8.93. The Balaban J connectivity index is 1.00. The molecule has 12 aromatic rings. The van der Waals surface area contributed by atoms with Gasteiger partial charge in [0.2, 0.25) is 0 Å². The number of hydrogen-bond acceptors (Lipinski definition) is 2. The molecule has 0 aliphatic carbocycles. The van der Waals surface area contributed by atoms with Crippen LogP contribution >= 0.6 is 0 Å². The molecule has 0 fully saturated rings. The molecule has 0 amide bonds. The summed E-state index contributed by atoms with van der Waals surface area (Å²) in [5, 5.41) is 9.78. The summed E-state index contributed by atoms with van der Waals surface area (Å²) in [6.07, 6.45) is 0. The van der Waals surface area contributed by atoms with Gasteiger partial charge >= 0.3 is 0 Å². The molecule has 0 unspecified atom stereocenters. The Morgan fingerprint density at radius 3 is 1.44 bits per heavy atom. The van der Waals surface area contributed by atoms with Crippen molar-refractivity contribution in [3.05, 3.63) is 218 Å². The Hall–Kier alpha value is -7.88. The predicted octanol–water partition coefficient (Wildman–Crippen LogP) is 15.8. The van der Waals surface area contributed by atoms with E-state index in [0.717, 1.165) is 66.8 Å². The summed E-state index contributed by atoms with van der Waals surface area (Å²) in [6, 6.07) is 78.6. The molecular weight excluding hydrogens is 717 g/mol. The Labute approximate surface area is 341 Å². The van der Waals surface area contributed by atoms with Crippen molar-refractivity contribution in [3.63, 3.8) is 0 Å². The molecule has 0 spiro atoms. The van der Waals surface area contributed by atoms with Gasteiger partial charge in [0.1, 0.15) is 11.1 Å². The maximum absolute atomic E-state index is 6.60.